The zero-order valence-electron chi connectivity index (χ0n) is 7.20. The average molecular weight is 181 g/mol. The second-order valence-electron chi connectivity index (χ2n) is 2.40. The van der Waals surface area contributed by atoms with Gasteiger partial charge in [0.2, 0.25) is 0 Å². The van der Waals surface area contributed by atoms with Crippen LogP contribution in [0.25, 0.3) is 6.08 Å². The minimum absolute atomic E-state index is 0.0185. The van der Waals surface area contributed by atoms with Crippen LogP contribution in [-0.2, 0) is 7.05 Å². The molecule has 12 heavy (non-hydrogen) atoms. The highest BCUT2D eigenvalue weighted by Crippen LogP contribution is 2.17. The third kappa shape index (κ3) is 1.46. The van der Waals surface area contributed by atoms with Crippen molar-refractivity contribution < 1.29 is 0 Å². The van der Waals surface area contributed by atoms with Crippen LogP contribution in [0.5, 0.6) is 0 Å². The van der Waals surface area contributed by atoms with Gasteiger partial charge in [0.05, 0.1) is 5.03 Å². The molecule has 64 valence electrons. The summed E-state index contributed by atoms with van der Waals surface area (Å²) in [5.74, 6) is 0. The minimum atomic E-state index is 0.0185. The lowest BCUT2D eigenvalue weighted by Gasteiger charge is -2.07. The predicted molar refractivity (Wildman–Crippen MR) is 53.6 cm³/mol. The molecule has 3 heteroatoms. The van der Waals surface area contributed by atoms with Gasteiger partial charge in [0, 0.05) is 18.7 Å². The molecular weight excluding hydrogens is 170 g/mol. The number of nitrogens with zero attached hydrogens (tertiary/aromatic N) is 1. The third-order valence-electron chi connectivity index (χ3n) is 1.70. The standard InChI is InChI=1S/C9H11NOS/c1-4-7-5-6-8(11)10(2)9(7)12-3/h4-6H,1H2,2-3H3. The number of thioether (sulfide) groups is 1. The maximum atomic E-state index is 11.2. The van der Waals surface area contributed by atoms with Crippen LogP contribution in [0.2, 0.25) is 0 Å². The van der Waals surface area contributed by atoms with Crippen LogP contribution in [0.15, 0.2) is 28.5 Å². The Morgan fingerprint density at radius 2 is 2.25 bits per heavy atom. The highest BCUT2D eigenvalue weighted by molar-refractivity contribution is 7.98. The highest BCUT2D eigenvalue weighted by atomic mass is 32.2. The summed E-state index contributed by atoms with van der Waals surface area (Å²) in [4.78, 5) is 11.2. The molecule has 0 radical (unpaired) electrons. The lowest BCUT2D eigenvalue weighted by atomic mass is 10.3. The van der Waals surface area contributed by atoms with E-state index in [-0.39, 0.29) is 5.56 Å². The number of pyridine rings is 1. The van der Waals surface area contributed by atoms with Gasteiger partial charge in [-0.25, -0.2) is 0 Å². The Morgan fingerprint density at radius 3 is 2.75 bits per heavy atom. The molecule has 0 unspecified atom stereocenters. The molecule has 1 rings (SSSR count). The molecule has 0 aliphatic rings. The van der Waals surface area contributed by atoms with Crippen LogP contribution >= 0.6 is 11.8 Å². The Bertz CT molecular complexity index is 354. The zero-order chi connectivity index (χ0) is 9.14. The summed E-state index contributed by atoms with van der Waals surface area (Å²) in [7, 11) is 1.77. The summed E-state index contributed by atoms with van der Waals surface area (Å²) >= 11 is 1.55. The number of aromatic nitrogens is 1. The van der Waals surface area contributed by atoms with Crippen molar-refractivity contribution in [2.24, 2.45) is 7.05 Å². The average Bonchev–Trinajstić information content (AvgIpc) is 2.09. The fourth-order valence-electron chi connectivity index (χ4n) is 1.05. The lowest BCUT2D eigenvalue weighted by Crippen LogP contribution is -2.17. The second kappa shape index (κ2) is 3.63. The summed E-state index contributed by atoms with van der Waals surface area (Å²) in [5.41, 5.74) is 1.02. The van der Waals surface area contributed by atoms with E-state index in [1.54, 1.807) is 41.6 Å². The van der Waals surface area contributed by atoms with Crippen molar-refractivity contribution in [1.29, 1.82) is 0 Å². The van der Waals surface area contributed by atoms with Gasteiger partial charge < -0.3 is 4.57 Å². The van der Waals surface area contributed by atoms with E-state index in [0.29, 0.717) is 0 Å². The maximum Gasteiger partial charge on any atom is 0.251 e. The third-order valence-corrected chi connectivity index (χ3v) is 2.60. The Balaban J connectivity index is 3.45. The summed E-state index contributed by atoms with van der Waals surface area (Å²) in [6.45, 7) is 3.68. The Labute approximate surface area is 75.9 Å². The molecule has 0 saturated carbocycles. The highest BCUT2D eigenvalue weighted by Gasteiger charge is 2.01. The van der Waals surface area contributed by atoms with Gasteiger partial charge in [-0.3, -0.25) is 4.79 Å². The van der Waals surface area contributed by atoms with E-state index in [4.69, 9.17) is 0 Å². The monoisotopic (exact) mass is 181 g/mol. The first kappa shape index (κ1) is 9.13. The van der Waals surface area contributed by atoms with Gasteiger partial charge >= 0.3 is 0 Å². The normalized spacial score (nSPS) is 9.83. The van der Waals surface area contributed by atoms with Gasteiger partial charge in [0.25, 0.3) is 5.56 Å². The molecule has 0 bridgehead atoms. The van der Waals surface area contributed by atoms with Gasteiger partial charge in [0.1, 0.15) is 0 Å². The minimum Gasteiger partial charge on any atom is -0.306 e. The van der Waals surface area contributed by atoms with E-state index >= 15 is 0 Å². The van der Waals surface area contributed by atoms with Gasteiger partial charge in [0.15, 0.2) is 0 Å². The van der Waals surface area contributed by atoms with Crippen molar-refractivity contribution in [3.8, 4) is 0 Å². The Hall–Kier alpha value is -0.960. The van der Waals surface area contributed by atoms with E-state index in [1.165, 1.54) is 0 Å². The summed E-state index contributed by atoms with van der Waals surface area (Å²) in [6.07, 6.45) is 3.70. The fourth-order valence-corrected chi connectivity index (χ4v) is 1.80. The molecule has 2 nitrogen and oxygen atoms in total. The summed E-state index contributed by atoms with van der Waals surface area (Å²) in [5, 5.41) is 0.956. The van der Waals surface area contributed by atoms with Crippen LogP contribution in [0.3, 0.4) is 0 Å². The molecule has 0 aliphatic heterocycles. The van der Waals surface area contributed by atoms with Crippen molar-refractivity contribution in [2.45, 2.75) is 5.03 Å². The first-order valence-electron chi connectivity index (χ1n) is 3.57. The van der Waals surface area contributed by atoms with Gasteiger partial charge in [-0.1, -0.05) is 12.7 Å². The van der Waals surface area contributed by atoms with Crippen molar-refractivity contribution in [3.05, 3.63) is 34.6 Å². The van der Waals surface area contributed by atoms with E-state index < -0.39 is 0 Å². The van der Waals surface area contributed by atoms with Crippen molar-refractivity contribution in [3.63, 3.8) is 0 Å². The fraction of sp³-hybridized carbons (Fsp3) is 0.222. The van der Waals surface area contributed by atoms with E-state index in [1.807, 2.05) is 6.26 Å². The van der Waals surface area contributed by atoms with Gasteiger partial charge in [-0.2, -0.15) is 0 Å². The summed E-state index contributed by atoms with van der Waals surface area (Å²) < 4.78 is 1.63. The number of hydrogen-bond acceptors (Lipinski definition) is 2. The van der Waals surface area contributed by atoms with E-state index in [9.17, 15) is 4.79 Å². The Morgan fingerprint density at radius 1 is 1.58 bits per heavy atom. The molecule has 1 heterocycles. The van der Waals surface area contributed by atoms with E-state index in [2.05, 4.69) is 6.58 Å². The molecule has 0 aromatic carbocycles. The van der Waals surface area contributed by atoms with Crippen LogP contribution in [0.1, 0.15) is 5.56 Å². The molecule has 0 atom stereocenters. The van der Waals surface area contributed by atoms with Crippen LogP contribution in [0.4, 0.5) is 0 Å². The number of hydrogen-bond donors (Lipinski definition) is 0. The van der Waals surface area contributed by atoms with Crippen molar-refractivity contribution in [1.82, 2.24) is 4.57 Å². The second-order valence-corrected chi connectivity index (χ2v) is 3.19. The molecule has 1 aromatic rings. The molecule has 0 spiro atoms. The molecule has 1 aromatic heterocycles. The molecule has 0 fully saturated rings. The van der Waals surface area contributed by atoms with Crippen LogP contribution < -0.4 is 5.56 Å². The number of rotatable bonds is 2. The smallest absolute Gasteiger partial charge is 0.251 e. The molecule has 0 aliphatic carbocycles. The predicted octanol–water partition coefficient (Wildman–Crippen LogP) is 1.75. The summed E-state index contributed by atoms with van der Waals surface area (Å²) in [6, 6.07) is 3.35. The maximum absolute atomic E-state index is 11.2. The van der Waals surface area contributed by atoms with E-state index in [0.717, 1.165) is 10.6 Å². The zero-order valence-corrected chi connectivity index (χ0v) is 8.02. The molecule has 0 saturated heterocycles. The van der Waals surface area contributed by atoms with Crippen molar-refractivity contribution >= 4 is 17.8 Å². The van der Waals surface area contributed by atoms with Crippen molar-refractivity contribution in [2.75, 3.05) is 6.26 Å². The van der Waals surface area contributed by atoms with Gasteiger partial charge in [-0.15, -0.1) is 11.8 Å². The first-order valence-corrected chi connectivity index (χ1v) is 4.79. The molecule has 0 N–H and O–H groups in total. The molecule has 0 amide bonds. The SMILES string of the molecule is C=Cc1ccc(=O)n(C)c1SC. The lowest BCUT2D eigenvalue weighted by molar-refractivity contribution is 0.763. The molecular formula is C9H11NOS. The van der Waals surface area contributed by atoms with Crippen LogP contribution in [0, 0.1) is 0 Å². The topological polar surface area (TPSA) is 22.0 Å². The quantitative estimate of drug-likeness (QED) is 0.648. The largest absolute Gasteiger partial charge is 0.306 e. The van der Waals surface area contributed by atoms with Gasteiger partial charge in [-0.05, 0) is 12.3 Å². The Kier molecular flexibility index (Phi) is 2.76. The van der Waals surface area contributed by atoms with Crippen LogP contribution in [-0.4, -0.2) is 10.8 Å². The first-order chi connectivity index (χ1) is 5.70.